The van der Waals surface area contributed by atoms with Crippen molar-refractivity contribution in [1.29, 1.82) is 5.41 Å². The molecule has 0 fully saturated rings. The van der Waals surface area contributed by atoms with Gasteiger partial charge in [-0.25, -0.2) is 0 Å². The van der Waals surface area contributed by atoms with E-state index in [1.807, 2.05) is 6.07 Å². The first-order valence-electron chi connectivity index (χ1n) is 9.33. The van der Waals surface area contributed by atoms with Gasteiger partial charge in [-0.2, -0.15) is 0 Å². The highest BCUT2D eigenvalue weighted by Gasteiger charge is 2.07. The summed E-state index contributed by atoms with van der Waals surface area (Å²) in [6, 6.07) is 18.8. The number of aliphatic carboxylic acids is 1. The quantitative estimate of drug-likeness (QED) is 0.439. The Morgan fingerprint density at radius 2 is 1.67 bits per heavy atom. The van der Waals surface area contributed by atoms with E-state index >= 15 is 0 Å². The van der Waals surface area contributed by atoms with Crippen LogP contribution in [0.1, 0.15) is 51.0 Å². The smallest absolute Gasteiger partial charge is 0.300 e. The molecule has 0 spiro atoms. The summed E-state index contributed by atoms with van der Waals surface area (Å²) < 4.78 is 0. The van der Waals surface area contributed by atoms with Crippen molar-refractivity contribution >= 4 is 23.4 Å². The van der Waals surface area contributed by atoms with Gasteiger partial charge in [0.15, 0.2) is 0 Å². The number of rotatable bonds is 6. The summed E-state index contributed by atoms with van der Waals surface area (Å²) in [5, 5.41) is 15.7. The Bertz CT molecular complexity index is 763. The Kier molecular flexibility index (Phi) is 8.85. The highest BCUT2D eigenvalue weighted by molar-refractivity contribution is 7.99. The van der Waals surface area contributed by atoms with E-state index in [1.165, 1.54) is 35.5 Å². The molecule has 0 aliphatic heterocycles. The zero-order chi connectivity index (χ0) is 19.5. The zero-order valence-electron chi connectivity index (χ0n) is 15.8. The lowest BCUT2D eigenvalue weighted by Crippen LogP contribution is -2.01. The first-order valence-corrected chi connectivity index (χ1v) is 10.1. The molecule has 3 nitrogen and oxygen atoms in total. The van der Waals surface area contributed by atoms with Crippen LogP contribution in [-0.4, -0.2) is 16.8 Å². The van der Waals surface area contributed by atoms with Gasteiger partial charge in [0, 0.05) is 22.4 Å². The summed E-state index contributed by atoms with van der Waals surface area (Å²) in [6.07, 6.45) is 9.42. The van der Waals surface area contributed by atoms with Crippen molar-refractivity contribution in [2.75, 3.05) is 0 Å². The predicted octanol–water partition coefficient (Wildman–Crippen LogP) is 6.58. The number of benzene rings is 2. The maximum absolute atomic E-state index is 9.00. The molecule has 0 radical (unpaired) electrons. The molecular weight excluding hydrogens is 354 g/mol. The third-order valence-corrected chi connectivity index (χ3v) is 5.28. The molecule has 0 heterocycles. The number of nitrogens with one attached hydrogen (secondary N) is 1. The van der Waals surface area contributed by atoms with Crippen molar-refractivity contribution in [3.05, 3.63) is 71.8 Å². The van der Waals surface area contributed by atoms with E-state index in [9.17, 15) is 0 Å². The van der Waals surface area contributed by atoms with Crippen LogP contribution in [0.4, 0.5) is 0 Å². The molecule has 0 unspecified atom stereocenters. The van der Waals surface area contributed by atoms with Crippen LogP contribution in [0.15, 0.2) is 76.0 Å². The molecule has 0 amide bonds. The Labute approximate surface area is 166 Å². The standard InChI is InChI=1S/C21H23NS.C2H4O2/c22-21(16-11-17-7-3-1-4-8-17)18-12-14-20(15-13-18)23-19-9-5-2-6-10-19;1-2(3)4/h2,5-7,9-10,12-15,22H,1,3-4,8,11,16H2;1H3,(H,3,4). The maximum atomic E-state index is 9.00. The molecule has 3 rings (SSSR count). The fourth-order valence-electron chi connectivity index (χ4n) is 2.91. The Balaban J connectivity index is 0.000000596. The highest BCUT2D eigenvalue weighted by atomic mass is 32.2. The van der Waals surface area contributed by atoms with Crippen LogP contribution in [0.3, 0.4) is 0 Å². The SMILES string of the molecule is CC(=O)O.N=C(CCC1=CCCCC1)c1ccc(Sc2ccccc2)cc1. The minimum Gasteiger partial charge on any atom is -0.481 e. The number of hydrogen-bond acceptors (Lipinski definition) is 3. The van der Waals surface area contributed by atoms with Gasteiger partial charge in [-0.1, -0.05) is 53.7 Å². The van der Waals surface area contributed by atoms with Crippen molar-refractivity contribution in [3.8, 4) is 0 Å². The molecule has 0 atom stereocenters. The van der Waals surface area contributed by atoms with Crippen LogP contribution in [0, 0.1) is 5.41 Å². The van der Waals surface area contributed by atoms with Gasteiger partial charge in [0.1, 0.15) is 0 Å². The fraction of sp³-hybridized carbons (Fsp3) is 0.304. The van der Waals surface area contributed by atoms with Gasteiger partial charge in [0.25, 0.3) is 5.97 Å². The zero-order valence-corrected chi connectivity index (χ0v) is 16.6. The summed E-state index contributed by atoms with van der Waals surface area (Å²) in [5.41, 5.74) is 3.36. The van der Waals surface area contributed by atoms with Crippen molar-refractivity contribution in [1.82, 2.24) is 0 Å². The third-order valence-electron chi connectivity index (χ3n) is 4.26. The highest BCUT2D eigenvalue weighted by Crippen LogP contribution is 2.28. The third kappa shape index (κ3) is 8.27. The van der Waals surface area contributed by atoms with Gasteiger partial charge in [0.2, 0.25) is 0 Å². The summed E-state index contributed by atoms with van der Waals surface area (Å²) in [4.78, 5) is 11.5. The maximum Gasteiger partial charge on any atom is 0.300 e. The lowest BCUT2D eigenvalue weighted by molar-refractivity contribution is -0.134. The number of carboxylic acid groups (broad SMARTS) is 1. The predicted molar refractivity (Wildman–Crippen MR) is 113 cm³/mol. The van der Waals surface area contributed by atoms with Gasteiger partial charge < -0.3 is 10.5 Å². The average molecular weight is 382 g/mol. The monoisotopic (exact) mass is 381 g/mol. The number of carboxylic acids is 1. The second-order valence-corrected chi connectivity index (χ2v) is 7.69. The van der Waals surface area contributed by atoms with E-state index in [2.05, 4.69) is 54.6 Å². The summed E-state index contributed by atoms with van der Waals surface area (Å²) in [7, 11) is 0. The Hall–Kier alpha value is -2.33. The topological polar surface area (TPSA) is 61.1 Å². The fourth-order valence-corrected chi connectivity index (χ4v) is 3.75. The molecule has 2 aromatic carbocycles. The van der Waals surface area contributed by atoms with Crippen LogP contribution < -0.4 is 0 Å². The van der Waals surface area contributed by atoms with Crippen LogP contribution in [-0.2, 0) is 4.79 Å². The van der Waals surface area contributed by atoms with E-state index < -0.39 is 5.97 Å². The Morgan fingerprint density at radius 3 is 2.26 bits per heavy atom. The minimum atomic E-state index is -0.833. The number of hydrogen-bond donors (Lipinski definition) is 2. The first kappa shape index (κ1) is 21.0. The van der Waals surface area contributed by atoms with E-state index in [-0.39, 0.29) is 0 Å². The lowest BCUT2D eigenvalue weighted by Gasteiger charge is -2.13. The van der Waals surface area contributed by atoms with Crippen LogP contribution in [0.25, 0.3) is 0 Å². The minimum absolute atomic E-state index is 0.757. The normalized spacial score (nSPS) is 13.1. The van der Waals surface area contributed by atoms with E-state index in [4.69, 9.17) is 15.3 Å². The van der Waals surface area contributed by atoms with Crippen molar-refractivity contribution in [3.63, 3.8) is 0 Å². The molecule has 0 saturated carbocycles. The van der Waals surface area contributed by atoms with Crippen LogP contribution in [0.2, 0.25) is 0 Å². The summed E-state index contributed by atoms with van der Waals surface area (Å²) in [6.45, 7) is 1.08. The van der Waals surface area contributed by atoms with Gasteiger partial charge >= 0.3 is 0 Å². The molecule has 0 saturated heterocycles. The molecule has 142 valence electrons. The average Bonchev–Trinajstić information content (AvgIpc) is 2.68. The van der Waals surface area contributed by atoms with Gasteiger partial charge in [-0.05, 0) is 68.4 Å². The summed E-state index contributed by atoms with van der Waals surface area (Å²) in [5.74, 6) is -0.833. The van der Waals surface area contributed by atoms with E-state index in [0.717, 1.165) is 31.0 Å². The second-order valence-electron chi connectivity index (χ2n) is 6.55. The molecule has 2 N–H and O–H groups in total. The summed E-state index contributed by atoms with van der Waals surface area (Å²) >= 11 is 1.76. The Morgan fingerprint density at radius 1 is 1.04 bits per heavy atom. The van der Waals surface area contributed by atoms with Gasteiger partial charge in [0.05, 0.1) is 0 Å². The van der Waals surface area contributed by atoms with Gasteiger partial charge in [-0.3, -0.25) is 4.79 Å². The lowest BCUT2D eigenvalue weighted by atomic mass is 9.94. The molecular formula is C23H27NO2S. The van der Waals surface area contributed by atoms with Crippen molar-refractivity contribution in [2.45, 2.75) is 55.2 Å². The van der Waals surface area contributed by atoms with Crippen molar-refractivity contribution < 1.29 is 9.90 Å². The van der Waals surface area contributed by atoms with E-state index in [1.54, 1.807) is 17.3 Å². The van der Waals surface area contributed by atoms with E-state index in [0.29, 0.717) is 0 Å². The number of allylic oxidation sites excluding steroid dienone is 2. The largest absolute Gasteiger partial charge is 0.481 e. The number of carbonyl (C=O) groups is 1. The molecule has 27 heavy (non-hydrogen) atoms. The molecule has 1 aliphatic carbocycles. The molecule has 0 bridgehead atoms. The molecule has 2 aromatic rings. The molecule has 4 heteroatoms. The van der Waals surface area contributed by atoms with Crippen molar-refractivity contribution in [2.24, 2.45) is 0 Å². The van der Waals surface area contributed by atoms with Crippen LogP contribution >= 0.6 is 11.8 Å². The molecule has 0 aromatic heterocycles. The first-order chi connectivity index (χ1) is 13.0. The van der Waals surface area contributed by atoms with Crippen LogP contribution in [0.5, 0.6) is 0 Å². The van der Waals surface area contributed by atoms with Gasteiger partial charge in [-0.15, -0.1) is 0 Å². The molecule has 1 aliphatic rings. The second kappa shape index (κ2) is 11.4.